The van der Waals surface area contributed by atoms with Gasteiger partial charge in [0.2, 0.25) is 0 Å². The van der Waals surface area contributed by atoms with E-state index in [9.17, 15) is 0 Å². The molecule has 0 N–H and O–H groups in total. The van der Waals surface area contributed by atoms with E-state index in [2.05, 4.69) is 41.7 Å². The van der Waals surface area contributed by atoms with Gasteiger partial charge in [0.25, 0.3) is 0 Å². The van der Waals surface area contributed by atoms with Crippen LogP contribution >= 0.6 is 11.6 Å². The lowest BCUT2D eigenvalue weighted by Gasteiger charge is -2.07. The van der Waals surface area contributed by atoms with Gasteiger partial charge >= 0.3 is 0 Å². The fourth-order valence-electron chi connectivity index (χ4n) is 3.36. The summed E-state index contributed by atoms with van der Waals surface area (Å²) in [6.45, 7) is 2.14. The van der Waals surface area contributed by atoms with Crippen molar-refractivity contribution in [2.45, 2.75) is 6.92 Å². The number of hydrogen-bond acceptors (Lipinski definition) is 2. The third-order valence-electron chi connectivity index (χ3n) is 4.44. The van der Waals surface area contributed by atoms with Crippen LogP contribution < -0.4 is 4.74 Å². The Hall–Kier alpha value is -2.26. The lowest BCUT2D eigenvalue weighted by atomic mass is 10.0. The fourth-order valence-corrected chi connectivity index (χ4v) is 3.58. The molecule has 4 heteroatoms. The van der Waals surface area contributed by atoms with Crippen LogP contribution in [0.3, 0.4) is 0 Å². The Morgan fingerprint density at radius 2 is 1.86 bits per heavy atom. The number of aromatic nitrogens is 2. The van der Waals surface area contributed by atoms with E-state index in [-0.39, 0.29) is 0 Å². The summed E-state index contributed by atoms with van der Waals surface area (Å²) in [6.07, 6.45) is 1.76. The van der Waals surface area contributed by atoms with E-state index >= 15 is 0 Å². The molecule has 2 aromatic carbocycles. The van der Waals surface area contributed by atoms with Crippen LogP contribution in [0.5, 0.6) is 5.75 Å². The van der Waals surface area contributed by atoms with Crippen molar-refractivity contribution in [3.8, 4) is 5.75 Å². The van der Waals surface area contributed by atoms with Crippen LogP contribution in [0.15, 0.2) is 36.5 Å². The fraction of sp³-hybridized carbons (Fsp3) is 0.167. The Morgan fingerprint density at radius 1 is 1.05 bits per heavy atom. The molecule has 4 rings (SSSR count). The Balaban J connectivity index is 2.29. The van der Waals surface area contributed by atoms with Crippen LogP contribution in [0, 0.1) is 6.92 Å². The minimum atomic E-state index is 0.544. The second-order valence-corrected chi connectivity index (χ2v) is 5.89. The number of hydrogen-bond donors (Lipinski definition) is 0. The first kappa shape index (κ1) is 13.4. The van der Waals surface area contributed by atoms with Crippen molar-refractivity contribution in [1.29, 1.82) is 0 Å². The van der Waals surface area contributed by atoms with Gasteiger partial charge in [-0.05, 0) is 48.2 Å². The van der Waals surface area contributed by atoms with Gasteiger partial charge < -0.3 is 9.30 Å². The second kappa shape index (κ2) is 4.62. The van der Waals surface area contributed by atoms with E-state index < -0.39 is 0 Å². The molecule has 2 aromatic heterocycles. The van der Waals surface area contributed by atoms with Crippen molar-refractivity contribution in [3.63, 3.8) is 0 Å². The predicted molar refractivity (Wildman–Crippen MR) is 92.0 cm³/mol. The van der Waals surface area contributed by atoms with Crippen LogP contribution in [0.2, 0.25) is 5.15 Å². The van der Waals surface area contributed by atoms with E-state index in [1.807, 2.05) is 12.1 Å². The zero-order valence-electron chi connectivity index (χ0n) is 12.6. The van der Waals surface area contributed by atoms with E-state index in [1.165, 1.54) is 27.4 Å². The minimum absolute atomic E-state index is 0.544. The summed E-state index contributed by atoms with van der Waals surface area (Å²) in [6, 6.07) is 10.3. The zero-order valence-corrected chi connectivity index (χ0v) is 13.4. The van der Waals surface area contributed by atoms with Crippen LogP contribution in [0.1, 0.15) is 5.56 Å². The van der Waals surface area contributed by atoms with Gasteiger partial charge in [0.1, 0.15) is 10.9 Å². The quantitative estimate of drug-likeness (QED) is 0.470. The van der Waals surface area contributed by atoms with E-state index in [4.69, 9.17) is 16.3 Å². The first-order valence-electron chi connectivity index (χ1n) is 7.11. The van der Waals surface area contributed by atoms with Gasteiger partial charge in [0, 0.05) is 34.9 Å². The molecule has 4 aromatic rings. The van der Waals surface area contributed by atoms with E-state index in [1.54, 1.807) is 13.3 Å². The molecule has 0 radical (unpaired) electrons. The molecule has 0 unspecified atom stereocenters. The highest BCUT2D eigenvalue weighted by atomic mass is 35.5. The molecular weight excluding hydrogens is 296 g/mol. The molecule has 110 valence electrons. The van der Waals surface area contributed by atoms with Gasteiger partial charge in [-0.3, -0.25) is 0 Å². The summed E-state index contributed by atoms with van der Waals surface area (Å²) >= 11 is 6.30. The van der Waals surface area contributed by atoms with Gasteiger partial charge in [-0.2, -0.15) is 0 Å². The Bertz CT molecular complexity index is 1050. The van der Waals surface area contributed by atoms with Crippen molar-refractivity contribution in [1.82, 2.24) is 9.55 Å². The number of aryl methyl sites for hydroxylation is 2. The summed E-state index contributed by atoms with van der Waals surface area (Å²) in [5, 5.41) is 5.02. The Kier molecular flexibility index (Phi) is 2.81. The van der Waals surface area contributed by atoms with Crippen LogP contribution in [0.4, 0.5) is 0 Å². The smallest absolute Gasteiger partial charge is 0.136 e. The molecule has 0 spiro atoms. The minimum Gasteiger partial charge on any atom is -0.497 e. The van der Waals surface area contributed by atoms with Crippen molar-refractivity contribution in [2.24, 2.45) is 7.05 Å². The molecule has 2 heterocycles. The van der Waals surface area contributed by atoms with Gasteiger partial charge in [0.05, 0.1) is 12.6 Å². The zero-order chi connectivity index (χ0) is 15.4. The van der Waals surface area contributed by atoms with Crippen LogP contribution in [-0.2, 0) is 7.05 Å². The lowest BCUT2D eigenvalue weighted by Crippen LogP contribution is -1.91. The molecule has 0 aliphatic carbocycles. The van der Waals surface area contributed by atoms with Gasteiger partial charge in [-0.15, -0.1) is 0 Å². The third kappa shape index (κ3) is 1.66. The third-order valence-corrected chi connectivity index (χ3v) is 4.74. The molecule has 0 aliphatic heterocycles. The monoisotopic (exact) mass is 310 g/mol. The molecule has 0 aliphatic rings. The lowest BCUT2D eigenvalue weighted by molar-refractivity contribution is 0.415. The number of nitrogens with zero attached hydrogens (tertiary/aromatic N) is 2. The first-order valence-corrected chi connectivity index (χ1v) is 7.49. The highest BCUT2D eigenvalue weighted by Gasteiger charge is 2.15. The normalized spacial score (nSPS) is 11.6. The molecule has 3 nitrogen and oxygen atoms in total. The topological polar surface area (TPSA) is 27.1 Å². The summed E-state index contributed by atoms with van der Waals surface area (Å²) in [7, 11) is 3.78. The number of pyridine rings is 1. The summed E-state index contributed by atoms with van der Waals surface area (Å²) < 4.78 is 7.60. The number of ether oxygens (including phenoxy) is 1. The van der Waals surface area contributed by atoms with Crippen molar-refractivity contribution in [2.75, 3.05) is 7.11 Å². The maximum absolute atomic E-state index is 6.30. The molecule has 22 heavy (non-hydrogen) atoms. The summed E-state index contributed by atoms with van der Waals surface area (Å²) in [4.78, 5) is 4.21. The molecule has 0 saturated heterocycles. The summed E-state index contributed by atoms with van der Waals surface area (Å²) in [5.74, 6) is 0.857. The van der Waals surface area contributed by atoms with E-state index in [0.29, 0.717) is 5.15 Å². The first-order chi connectivity index (χ1) is 10.6. The number of halogens is 1. The summed E-state index contributed by atoms with van der Waals surface area (Å²) in [5.41, 5.74) is 3.62. The largest absolute Gasteiger partial charge is 0.497 e. The average molecular weight is 311 g/mol. The Morgan fingerprint density at radius 3 is 2.64 bits per heavy atom. The van der Waals surface area contributed by atoms with Crippen LogP contribution in [0.25, 0.3) is 32.6 Å². The number of rotatable bonds is 1. The average Bonchev–Trinajstić information content (AvgIpc) is 2.81. The molecule has 0 atom stereocenters. The molecule has 0 bridgehead atoms. The standard InChI is InChI=1S/C18H15ClN2O/c1-10-12-6-7-20-18(19)15(12)9-14-13-8-11(22-3)4-5-16(13)21(2)17(10)14/h4-9H,1-3H3. The van der Waals surface area contributed by atoms with Gasteiger partial charge in [-0.25, -0.2) is 4.98 Å². The molecule has 0 amide bonds. The van der Waals surface area contributed by atoms with Gasteiger partial charge in [-0.1, -0.05) is 11.6 Å². The Labute approximate surface area is 133 Å². The maximum Gasteiger partial charge on any atom is 0.136 e. The molecular formula is C18H15ClN2O. The van der Waals surface area contributed by atoms with Crippen molar-refractivity contribution >= 4 is 44.2 Å². The highest BCUT2D eigenvalue weighted by Crippen LogP contribution is 2.37. The molecule has 0 saturated carbocycles. The number of fused-ring (bicyclic) bond motifs is 4. The SMILES string of the molecule is COc1ccc2c(c1)c1cc3c(Cl)nccc3c(C)c1n2C. The maximum atomic E-state index is 6.30. The van der Waals surface area contributed by atoms with Crippen LogP contribution in [-0.4, -0.2) is 16.7 Å². The van der Waals surface area contributed by atoms with Crippen molar-refractivity contribution in [3.05, 3.63) is 47.2 Å². The van der Waals surface area contributed by atoms with Crippen molar-refractivity contribution < 1.29 is 4.74 Å². The van der Waals surface area contributed by atoms with E-state index in [0.717, 1.165) is 16.5 Å². The molecule has 0 fully saturated rings. The van der Waals surface area contributed by atoms with Gasteiger partial charge in [0.15, 0.2) is 0 Å². The number of methoxy groups -OCH3 is 1. The predicted octanol–water partition coefficient (Wildman–Crippen LogP) is 4.85. The highest BCUT2D eigenvalue weighted by molar-refractivity contribution is 6.35. The second-order valence-electron chi connectivity index (χ2n) is 5.54. The number of benzene rings is 2.